The zero-order valence-corrected chi connectivity index (χ0v) is 13.7. The van der Waals surface area contributed by atoms with Gasteiger partial charge in [0.05, 0.1) is 12.5 Å². The van der Waals surface area contributed by atoms with Crippen LogP contribution >= 0.6 is 15.9 Å². The van der Waals surface area contributed by atoms with Crippen molar-refractivity contribution >= 4 is 33.5 Å². The average molecular weight is 355 g/mol. The maximum atomic E-state index is 12.1. The largest absolute Gasteiger partial charge is 0.481 e. The third kappa shape index (κ3) is 3.83. The first-order valence-electron chi connectivity index (χ1n) is 6.91. The highest BCUT2D eigenvalue weighted by molar-refractivity contribution is 9.10. The van der Waals surface area contributed by atoms with E-state index < -0.39 is 5.97 Å². The van der Waals surface area contributed by atoms with Gasteiger partial charge in [-0.05, 0) is 50.6 Å². The average Bonchev–Trinajstić information content (AvgIpc) is 2.75. The van der Waals surface area contributed by atoms with Crippen molar-refractivity contribution in [3.05, 3.63) is 28.2 Å². The van der Waals surface area contributed by atoms with Gasteiger partial charge in [0, 0.05) is 16.2 Å². The Bertz CT molecular complexity index is 562. The van der Waals surface area contributed by atoms with Crippen LogP contribution in [-0.2, 0) is 9.59 Å². The molecular weight excluding hydrogens is 336 g/mol. The number of rotatable bonds is 4. The minimum atomic E-state index is -0.783. The predicted octanol–water partition coefficient (Wildman–Crippen LogP) is 2.49. The monoisotopic (exact) mass is 354 g/mol. The number of nitrogens with zero attached hydrogens (tertiary/aromatic N) is 1. The summed E-state index contributed by atoms with van der Waals surface area (Å²) < 4.78 is 0.998. The van der Waals surface area contributed by atoms with Gasteiger partial charge >= 0.3 is 5.97 Å². The van der Waals surface area contributed by atoms with Crippen LogP contribution in [0.15, 0.2) is 22.7 Å². The number of aryl methyl sites for hydroxylation is 1. The standard InChI is InChI=1S/C15H19BrN2O3/c1-9-7-11(3-4-13(9)16)17-14(19)8-18-6-5-12(10(18)2)15(20)21/h3-4,7,10,12H,5-6,8H2,1-2H3,(H,17,19)(H,20,21). The number of amides is 1. The van der Waals surface area contributed by atoms with E-state index in [0.717, 1.165) is 15.7 Å². The van der Waals surface area contributed by atoms with Crippen LogP contribution in [-0.4, -0.2) is 41.0 Å². The van der Waals surface area contributed by atoms with E-state index in [4.69, 9.17) is 5.11 Å². The first-order chi connectivity index (χ1) is 9.88. The topological polar surface area (TPSA) is 69.6 Å². The molecule has 2 N–H and O–H groups in total. The van der Waals surface area contributed by atoms with E-state index in [1.165, 1.54) is 0 Å². The molecular formula is C15H19BrN2O3. The Labute approximate surface area is 132 Å². The lowest BCUT2D eigenvalue weighted by Crippen LogP contribution is -2.38. The van der Waals surface area contributed by atoms with Crippen LogP contribution in [0.5, 0.6) is 0 Å². The second-order valence-electron chi connectivity index (χ2n) is 5.46. The quantitative estimate of drug-likeness (QED) is 0.871. The molecule has 1 aliphatic heterocycles. The fraction of sp³-hybridized carbons (Fsp3) is 0.467. The number of carbonyl (C=O) groups is 2. The van der Waals surface area contributed by atoms with E-state index in [1.54, 1.807) is 0 Å². The van der Waals surface area contributed by atoms with Crippen molar-refractivity contribution in [1.82, 2.24) is 4.90 Å². The second kappa shape index (κ2) is 6.58. The first kappa shape index (κ1) is 16.0. The second-order valence-corrected chi connectivity index (χ2v) is 6.31. The fourth-order valence-electron chi connectivity index (χ4n) is 2.66. The normalized spacial score (nSPS) is 22.2. The van der Waals surface area contributed by atoms with Crippen LogP contribution in [0.3, 0.4) is 0 Å². The highest BCUT2D eigenvalue weighted by Gasteiger charge is 2.36. The predicted molar refractivity (Wildman–Crippen MR) is 84.3 cm³/mol. The number of anilines is 1. The van der Waals surface area contributed by atoms with Crippen molar-refractivity contribution in [1.29, 1.82) is 0 Å². The van der Waals surface area contributed by atoms with Crippen molar-refractivity contribution in [3.63, 3.8) is 0 Å². The minimum Gasteiger partial charge on any atom is -0.481 e. The number of carbonyl (C=O) groups excluding carboxylic acids is 1. The zero-order chi connectivity index (χ0) is 15.6. The number of likely N-dealkylation sites (tertiary alicyclic amines) is 1. The molecule has 6 heteroatoms. The molecule has 2 unspecified atom stereocenters. The third-order valence-corrected chi connectivity index (χ3v) is 4.88. The van der Waals surface area contributed by atoms with Gasteiger partial charge in [0.25, 0.3) is 0 Å². The first-order valence-corrected chi connectivity index (χ1v) is 7.70. The van der Waals surface area contributed by atoms with Crippen molar-refractivity contribution in [2.45, 2.75) is 26.3 Å². The number of benzene rings is 1. The molecule has 0 bridgehead atoms. The number of hydrogen-bond donors (Lipinski definition) is 2. The van der Waals surface area contributed by atoms with E-state index in [9.17, 15) is 9.59 Å². The lowest BCUT2D eigenvalue weighted by molar-refractivity contribution is -0.142. The molecule has 114 valence electrons. The van der Waals surface area contributed by atoms with Gasteiger partial charge in [0.2, 0.25) is 5.91 Å². The molecule has 21 heavy (non-hydrogen) atoms. The Morgan fingerprint density at radius 3 is 2.76 bits per heavy atom. The maximum Gasteiger partial charge on any atom is 0.308 e. The lowest BCUT2D eigenvalue weighted by Gasteiger charge is -2.22. The summed E-state index contributed by atoms with van der Waals surface area (Å²) >= 11 is 3.42. The van der Waals surface area contributed by atoms with Crippen LogP contribution in [0.1, 0.15) is 18.9 Å². The Balaban J connectivity index is 1.93. The smallest absolute Gasteiger partial charge is 0.308 e. The molecule has 1 fully saturated rings. The van der Waals surface area contributed by atoms with Crippen LogP contribution in [0.4, 0.5) is 5.69 Å². The Morgan fingerprint density at radius 2 is 2.19 bits per heavy atom. The van der Waals surface area contributed by atoms with Crippen LogP contribution in [0, 0.1) is 12.8 Å². The SMILES string of the molecule is Cc1cc(NC(=O)CN2CCC(C(=O)O)C2C)ccc1Br. The molecule has 0 saturated carbocycles. The highest BCUT2D eigenvalue weighted by Crippen LogP contribution is 2.24. The van der Waals surface area contributed by atoms with E-state index in [1.807, 2.05) is 36.9 Å². The zero-order valence-electron chi connectivity index (χ0n) is 12.1. The molecule has 1 amide bonds. The summed E-state index contributed by atoms with van der Waals surface area (Å²) in [6.45, 7) is 4.69. The van der Waals surface area contributed by atoms with Crippen molar-refractivity contribution < 1.29 is 14.7 Å². The molecule has 1 heterocycles. The van der Waals surface area contributed by atoms with Crippen LogP contribution in [0.25, 0.3) is 0 Å². The number of carboxylic acids is 1. The van der Waals surface area contributed by atoms with Gasteiger partial charge < -0.3 is 10.4 Å². The number of halogens is 1. The van der Waals surface area contributed by atoms with Crippen LogP contribution in [0.2, 0.25) is 0 Å². The summed E-state index contributed by atoms with van der Waals surface area (Å²) in [6, 6.07) is 5.52. The van der Waals surface area contributed by atoms with Gasteiger partial charge in [0.1, 0.15) is 0 Å². The van der Waals surface area contributed by atoms with Gasteiger partial charge in [-0.25, -0.2) is 0 Å². The van der Waals surface area contributed by atoms with Crippen LogP contribution < -0.4 is 5.32 Å². The summed E-state index contributed by atoms with van der Waals surface area (Å²) in [7, 11) is 0. The molecule has 2 atom stereocenters. The molecule has 1 aromatic carbocycles. The summed E-state index contributed by atoms with van der Waals surface area (Å²) in [4.78, 5) is 25.1. The molecule has 0 aromatic heterocycles. The molecule has 1 saturated heterocycles. The van der Waals surface area contributed by atoms with Gasteiger partial charge in [0.15, 0.2) is 0 Å². The number of hydrogen-bond acceptors (Lipinski definition) is 3. The van der Waals surface area contributed by atoms with Gasteiger partial charge in [-0.3, -0.25) is 14.5 Å². The molecule has 0 spiro atoms. The van der Waals surface area contributed by atoms with E-state index in [-0.39, 0.29) is 24.4 Å². The van der Waals surface area contributed by atoms with Gasteiger partial charge in [-0.1, -0.05) is 15.9 Å². The summed E-state index contributed by atoms with van der Waals surface area (Å²) in [5.41, 5.74) is 1.80. The summed E-state index contributed by atoms with van der Waals surface area (Å²) in [6.07, 6.45) is 0.598. The molecule has 5 nitrogen and oxygen atoms in total. The maximum absolute atomic E-state index is 12.1. The Hall–Kier alpha value is -1.40. The van der Waals surface area contributed by atoms with E-state index in [0.29, 0.717) is 13.0 Å². The highest BCUT2D eigenvalue weighted by atomic mass is 79.9. The molecule has 0 radical (unpaired) electrons. The number of carboxylic acid groups (broad SMARTS) is 1. The van der Waals surface area contributed by atoms with Gasteiger partial charge in [-0.15, -0.1) is 0 Å². The number of nitrogens with one attached hydrogen (secondary N) is 1. The van der Waals surface area contributed by atoms with Crippen molar-refractivity contribution in [2.24, 2.45) is 5.92 Å². The minimum absolute atomic E-state index is 0.111. The molecule has 2 rings (SSSR count). The third-order valence-electron chi connectivity index (χ3n) is 3.99. The summed E-state index contributed by atoms with van der Waals surface area (Å²) in [5.74, 6) is -1.28. The van der Waals surface area contributed by atoms with Crippen molar-refractivity contribution in [3.8, 4) is 0 Å². The number of aliphatic carboxylic acids is 1. The Kier molecular flexibility index (Phi) is 5.00. The summed E-state index contributed by atoms with van der Waals surface area (Å²) in [5, 5.41) is 11.9. The van der Waals surface area contributed by atoms with Crippen molar-refractivity contribution in [2.75, 3.05) is 18.4 Å². The van der Waals surface area contributed by atoms with E-state index in [2.05, 4.69) is 21.2 Å². The molecule has 1 aromatic rings. The molecule has 0 aliphatic carbocycles. The Morgan fingerprint density at radius 1 is 1.48 bits per heavy atom. The fourth-order valence-corrected chi connectivity index (χ4v) is 2.91. The van der Waals surface area contributed by atoms with E-state index >= 15 is 0 Å². The lowest BCUT2D eigenvalue weighted by atomic mass is 10.0. The molecule has 1 aliphatic rings. The van der Waals surface area contributed by atoms with Gasteiger partial charge in [-0.2, -0.15) is 0 Å².